The van der Waals surface area contributed by atoms with Crippen molar-refractivity contribution in [2.45, 2.75) is 37.3 Å². The molecule has 2 aromatic carbocycles. The first-order chi connectivity index (χ1) is 11.7. The van der Waals surface area contributed by atoms with E-state index in [-0.39, 0.29) is 6.04 Å². The fourth-order valence-corrected chi connectivity index (χ4v) is 5.21. The van der Waals surface area contributed by atoms with Gasteiger partial charge in [-0.15, -0.1) is 0 Å². The molecular formula is C22H27NO. The molecule has 2 aromatic rings. The van der Waals surface area contributed by atoms with Gasteiger partial charge in [0.25, 0.3) is 0 Å². The highest BCUT2D eigenvalue weighted by molar-refractivity contribution is 5.39. The van der Waals surface area contributed by atoms with Gasteiger partial charge in [-0.2, -0.15) is 0 Å². The summed E-state index contributed by atoms with van der Waals surface area (Å²) >= 11 is 0. The Morgan fingerprint density at radius 3 is 2.00 bits per heavy atom. The Labute approximate surface area is 145 Å². The van der Waals surface area contributed by atoms with E-state index in [4.69, 9.17) is 0 Å². The highest BCUT2D eigenvalue weighted by atomic mass is 16.3. The van der Waals surface area contributed by atoms with Gasteiger partial charge in [-0.05, 0) is 42.9 Å². The molecule has 3 atom stereocenters. The lowest BCUT2D eigenvalue weighted by Crippen LogP contribution is -2.50. The number of nitrogens with zero attached hydrogens (tertiary/aromatic N) is 1. The van der Waals surface area contributed by atoms with Crippen LogP contribution < -0.4 is 0 Å². The van der Waals surface area contributed by atoms with Crippen molar-refractivity contribution in [3.63, 3.8) is 0 Å². The highest BCUT2D eigenvalue weighted by Gasteiger charge is 2.52. The van der Waals surface area contributed by atoms with Gasteiger partial charge in [0.1, 0.15) is 5.60 Å². The molecule has 2 aliphatic rings. The van der Waals surface area contributed by atoms with Gasteiger partial charge < -0.3 is 5.11 Å². The summed E-state index contributed by atoms with van der Waals surface area (Å²) in [6, 6.07) is 20.7. The van der Waals surface area contributed by atoms with Crippen molar-refractivity contribution >= 4 is 0 Å². The fourth-order valence-electron chi connectivity index (χ4n) is 5.21. The summed E-state index contributed by atoms with van der Waals surface area (Å²) in [6.07, 6.45) is 5.19. The standard InChI is InChI=1S/C22H27NO/c1-23-16-17-10-8-9-15-20(17)21(23)22(24,18-11-4-2-5-12-18)19-13-6-3-7-14-19/h2-7,11-14,17,20-21,24H,8-10,15-16H2,1H3/t17-,20+,21+/m0/s1. The normalized spacial score (nSPS) is 27.8. The topological polar surface area (TPSA) is 23.5 Å². The molecule has 2 heteroatoms. The molecule has 0 radical (unpaired) electrons. The molecule has 24 heavy (non-hydrogen) atoms. The Morgan fingerprint density at radius 2 is 1.42 bits per heavy atom. The Balaban J connectivity index is 1.84. The number of hydrogen-bond acceptors (Lipinski definition) is 2. The molecule has 0 aromatic heterocycles. The van der Waals surface area contributed by atoms with Crippen LogP contribution in [0.5, 0.6) is 0 Å². The van der Waals surface area contributed by atoms with E-state index in [9.17, 15) is 5.11 Å². The van der Waals surface area contributed by atoms with Crippen molar-refractivity contribution in [3.8, 4) is 0 Å². The second-order valence-electron chi connectivity index (χ2n) is 7.59. The summed E-state index contributed by atoms with van der Waals surface area (Å²) in [4.78, 5) is 2.42. The van der Waals surface area contributed by atoms with Crippen molar-refractivity contribution < 1.29 is 5.11 Å². The molecule has 0 spiro atoms. The minimum absolute atomic E-state index is 0.146. The van der Waals surface area contributed by atoms with E-state index in [0.717, 1.165) is 23.6 Å². The number of benzene rings is 2. The lowest BCUT2D eigenvalue weighted by molar-refractivity contribution is -0.0176. The van der Waals surface area contributed by atoms with E-state index in [0.29, 0.717) is 5.92 Å². The van der Waals surface area contributed by atoms with Gasteiger partial charge in [0, 0.05) is 12.6 Å². The Kier molecular flexibility index (Phi) is 4.19. The number of fused-ring (bicyclic) bond motifs is 1. The maximum Gasteiger partial charge on any atom is 0.130 e. The minimum atomic E-state index is -0.950. The average molecular weight is 321 g/mol. The van der Waals surface area contributed by atoms with Gasteiger partial charge >= 0.3 is 0 Å². The molecule has 0 amide bonds. The van der Waals surface area contributed by atoms with Crippen molar-refractivity contribution in [1.29, 1.82) is 0 Å². The second kappa shape index (κ2) is 6.34. The Hall–Kier alpha value is -1.64. The van der Waals surface area contributed by atoms with Crippen LogP contribution in [-0.4, -0.2) is 29.6 Å². The van der Waals surface area contributed by atoms with Crippen molar-refractivity contribution in [1.82, 2.24) is 4.90 Å². The van der Waals surface area contributed by atoms with Crippen LogP contribution in [-0.2, 0) is 5.60 Å². The lowest BCUT2D eigenvalue weighted by Gasteiger charge is -2.42. The van der Waals surface area contributed by atoms with Crippen LogP contribution in [0.1, 0.15) is 36.8 Å². The number of hydrogen-bond donors (Lipinski definition) is 1. The van der Waals surface area contributed by atoms with Gasteiger partial charge in [-0.25, -0.2) is 0 Å². The third kappa shape index (κ3) is 2.49. The van der Waals surface area contributed by atoms with Gasteiger partial charge in [-0.1, -0.05) is 73.5 Å². The number of likely N-dealkylation sites (tertiary alicyclic amines) is 1. The molecule has 2 nitrogen and oxygen atoms in total. The van der Waals surface area contributed by atoms with Crippen LogP contribution in [0.2, 0.25) is 0 Å². The van der Waals surface area contributed by atoms with Crippen LogP contribution in [0.25, 0.3) is 0 Å². The average Bonchev–Trinajstić information content (AvgIpc) is 2.99. The molecule has 0 unspecified atom stereocenters. The van der Waals surface area contributed by atoms with E-state index in [1.54, 1.807) is 0 Å². The Bertz CT molecular complexity index is 629. The molecular weight excluding hydrogens is 294 g/mol. The number of likely N-dealkylation sites (N-methyl/N-ethyl adjacent to an activating group) is 1. The summed E-state index contributed by atoms with van der Waals surface area (Å²) in [7, 11) is 2.19. The molecule has 1 aliphatic heterocycles. The van der Waals surface area contributed by atoms with Gasteiger partial charge in [0.05, 0.1) is 0 Å². The smallest absolute Gasteiger partial charge is 0.130 e. The van der Waals surface area contributed by atoms with Crippen LogP contribution in [0, 0.1) is 11.8 Å². The predicted molar refractivity (Wildman–Crippen MR) is 97.7 cm³/mol. The summed E-state index contributed by atoms with van der Waals surface area (Å²) in [5.74, 6) is 1.31. The zero-order chi connectivity index (χ0) is 16.6. The van der Waals surface area contributed by atoms with Crippen LogP contribution >= 0.6 is 0 Å². The number of rotatable bonds is 3. The molecule has 0 bridgehead atoms. The van der Waals surface area contributed by atoms with Crippen LogP contribution in [0.4, 0.5) is 0 Å². The zero-order valence-corrected chi connectivity index (χ0v) is 14.4. The highest BCUT2D eigenvalue weighted by Crippen LogP contribution is 2.48. The van der Waals surface area contributed by atoms with E-state index in [2.05, 4.69) is 36.2 Å². The zero-order valence-electron chi connectivity index (χ0n) is 14.4. The van der Waals surface area contributed by atoms with Crippen LogP contribution in [0.3, 0.4) is 0 Å². The summed E-state index contributed by atoms with van der Waals surface area (Å²) in [5.41, 5.74) is 1.08. The third-order valence-corrected chi connectivity index (χ3v) is 6.23. The van der Waals surface area contributed by atoms with E-state index < -0.39 is 5.60 Å². The van der Waals surface area contributed by atoms with E-state index >= 15 is 0 Å². The molecule has 2 fully saturated rings. The SMILES string of the molecule is CN1C[C@@H]2CCCC[C@H]2[C@@H]1C(O)(c1ccccc1)c1ccccc1. The minimum Gasteiger partial charge on any atom is -0.379 e. The summed E-state index contributed by atoms with van der Waals surface area (Å²) in [6.45, 7) is 1.11. The summed E-state index contributed by atoms with van der Waals surface area (Å²) < 4.78 is 0. The molecule has 4 rings (SSSR count). The third-order valence-electron chi connectivity index (χ3n) is 6.23. The van der Waals surface area contributed by atoms with Crippen molar-refractivity contribution in [2.24, 2.45) is 11.8 Å². The van der Waals surface area contributed by atoms with Crippen molar-refractivity contribution in [3.05, 3.63) is 71.8 Å². The molecule has 1 aliphatic carbocycles. The van der Waals surface area contributed by atoms with Gasteiger partial charge in [-0.3, -0.25) is 4.90 Å². The van der Waals surface area contributed by atoms with Crippen molar-refractivity contribution in [2.75, 3.05) is 13.6 Å². The van der Waals surface area contributed by atoms with Crippen LogP contribution in [0.15, 0.2) is 60.7 Å². The molecule has 1 N–H and O–H groups in total. The largest absolute Gasteiger partial charge is 0.379 e. The lowest BCUT2D eigenvalue weighted by atomic mass is 9.69. The Morgan fingerprint density at radius 1 is 0.875 bits per heavy atom. The molecule has 1 saturated carbocycles. The van der Waals surface area contributed by atoms with Gasteiger partial charge in [0.15, 0.2) is 0 Å². The quantitative estimate of drug-likeness (QED) is 0.922. The molecule has 1 heterocycles. The first kappa shape index (κ1) is 15.9. The predicted octanol–water partition coefficient (Wildman–Crippen LogP) is 4.04. The first-order valence-corrected chi connectivity index (χ1v) is 9.25. The maximum atomic E-state index is 12.1. The molecule has 126 valence electrons. The summed E-state index contributed by atoms with van der Waals surface area (Å²) in [5, 5.41) is 12.1. The monoisotopic (exact) mass is 321 g/mol. The fraction of sp³-hybridized carbons (Fsp3) is 0.455. The van der Waals surface area contributed by atoms with E-state index in [1.807, 2.05) is 36.4 Å². The van der Waals surface area contributed by atoms with E-state index in [1.165, 1.54) is 25.7 Å². The second-order valence-corrected chi connectivity index (χ2v) is 7.59. The number of aliphatic hydroxyl groups is 1. The molecule has 1 saturated heterocycles. The maximum absolute atomic E-state index is 12.1. The van der Waals surface area contributed by atoms with Gasteiger partial charge in [0.2, 0.25) is 0 Å². The first-order valence-electron chi connectivity index (χ1n) is 9.25.